The Kier molecular flexibility index (Phi) is 3.56. The molecule has 0 amide bonds. The Hall–Kier alpha value is -0.840. The number of hydrogen-bond acceptors (Lipinski definition) is 3. The molecule has 1 aliphatic carbocycles. The maximum Gasteiger partial charge on any atom is 0.248 e. The largest absolute Gasteiger partial charge is 0.299 e. The van der Waals surface area contributed by atoms with E-state index < -0.39 is 5.92 Å². The van der Waals surface area contributed by atoms with Gasteiger partial charge in [-0.15, -0.1) is 11.3 Å². The summed E-state index contributed by atoms with van der Waals surface area (Å²) in [4.78, 5) is 16.1. The van der Waals surface area contributed by atoms with Crippen molar-refractivity contribution >= 4 is 17.1 Å². The molecule has 1 fully saturated rings. The van der Waals surface area contributed by atoms with Gasteiger partial charge >= 0.3 is 0 Å². The van der Waals surface area contributed by atoms with E-state index in [0.717, 1.165) is 10.7 Å². The lowest BCUT2D eigenvalue weighted by Gasteiger charge is -2.27. The number of hydrogen-bond donors (Lipinski definition) is 0. The first-order valence-corrected chi connectivity index (χ1v) is 6.66. The van der Waals surface area contributed by atoms with Gasteiger partial charge in [0.05, 0.1) is 10.7 Å². The molecule has 1 aromatic rings. The highest BCUT2D eigenvalue weighted by Crippen LogP contribution is 2.36. The zero-order chi connectivity index (χ0) is 12.5. The van der Waals surface area contributed by atoms with Crippen molar-refractivity contribution in [2.45, 2.75) is 45.0 Å². The van der Waals surface area contributed by atoms with Gasteiger partial charge in [-0.3, -0.25) is 4.79 Å². The summed E-state index contributed by atoms with van der Waals surface area (Å²) in [7, 11) is 0. The second-order valence-electron chi connectivity index (χ2n) is 4.63. The molecule has 1 heterocycles. The molecule has 2 rings (SSSR count). The van der Waals surface area contributed by atoms with Crippen LogP contribution in [0.15, 0.2) is 5.38 Å². The molecule has 0 atom stereocenters. The van der Waals surface area contributed by atoms with E-state index in [2.05, 4.69) is 4.98 Å². The Morgan fingerprint density at radius 1 is 1.53 bits per heavy atom. The van der Waals surface area contributed by atoms with Crippen LogP contribution in [0.4, 0.5) is 8.78 Å². The van der Waals surface area contributed by atoms with Crippen LogP contribution < -0.4 is 0 Å². The predicted octanol–water partition coefficient (Wildman–Crippen LogP) is 3.39. The second-order valence-corrected chi connectivity index (χ2v) is 5.69. The monoisotopic (exact) mass is 259 g/mol. The van der Waals surface area contributed by atoms with Crippen LogP contribution in [0.25, 0.3) is 0 Å². The second kappa shape index (κ2) is 4.80. The summed E-state index contributed by atoms with van der Waals surface area (Å²) in [6.45, 7) is 1.89. The molecule has 1 aliphatic rings. The molecule has 5 heteroatoms. The highest BCUT2D eigenvalue weighted by atomic mass is 32.1. The SMILES string of the molecule is Cc1nc(CC(=O)C2CCC(F)(F)CC2)cs1. The first kappa shape index (κ1) is 12.6. The van der Waals surface area contributed by atoms with Crippen LogP contribution in [0.3, 0.4) is 0 Å². The number of nitrogens with zero attached hydrogens (tertiary/aromatic N) is 1. The standard InChI is InChI=1S/C12H15F2NOS/c1-8-15-10(7-17-8)6-11(16)9-2-4-12(13,14)5-3-9/h7,9H,2-6H2,1H3. The van der Waals surface area contributed by atoms with E-state index in [9.17, 15) is 13.6 Å². The van der Waals surface area contributed by atoms with E-state index in [0.29, 0.717) is 19.3 Å². The van der Waals surface area contributed by atoms with Crippen LogP contribution in [-0.2, 0) is 11.2 Å². The molecule has 17 heavy (non-hydrogen) atoms. The number of rotatable bonds is 3. The number of halogens is 2. The van der Waals surface area contributed by atoms with Gasteiger partial charge in [-0.25, -0.2) is 13.8 Å². The van der Waals surface area contributed by atoms with E-state index in [4.69, 9.17) is 0 Å². The fraction of sp³-hybridized carbons (Fsp3) is 0.667. The van der Waals surface area contributed by atoms with Gasteiger partial charge in [0, 0.05) is 30.6 Å². The summed E-state index contributed by atoms with van der Waals surface area (Å²) >= 11 is 1.51. The molecule has 0 N–H and O–H groups in total. The Morgan fingerprint density at radius 3 is 2.71 bits per heavy atom. The summed E-state index contributed by atoms with van der Waals surface area (Å²) in [6, 6.07) is 0. The molecule has 0 spiro atoms. The van der Waals surface area contributed by atoms with Crippen LogP contribution in [0.2, 0.25) is 0 Å². The Morgan fingerprint density at radius 2 is 2.18 bits per heavy atom. The van der Waals surface area contributed by atoms with Crippen molar-refractivity contribution in [2.24, 2.45) is 5.92 Å². The summed E-state index contributed by atoms with van der Waals surface area (Å²) in [5.41, 5.74) is 0.773. The molecule has 0 aromatic carbocycles. The van der Waals surface area contributed by atoms with Crippen molar-refractivity contribution in [3.8, 4) is 0 Å². The summed E-state index contributed by atoms with van der Waals surface area (Å²) in [5.74, 6) is -2.70. The van der Waals surface area contributed by atoms with Crippen molar-refractivity contribution in [3.63, 3.8) is 0 Å². The third-order valence-corrected chi connectivity index (χ3v) is 4.02. The van der Waals surface area contributed by atoms with Crippen LogP contribution in [0.5, 0.6) is 0 Å². The van der Waals surface area contributed by atoms with E-state index >= 15 is 0 Å². The third kappa shape index (κ3) is 3.31. The predicted molar refractivity (Wildman–Crippen MR) is 62.5 cm³/mol. The van der Waals surface area contributed by atoms with Crippen LogP contribution in [0, 0.1) is 12.8 Å². The van der Waals surface area contributed by atoms with Gasteiger partial charge in [-0.1, -0.05) is 0 Å². The van der Waals surface area contributed by atoms with Gasteiger partial charge in [-0.05, 0) is 19.8 Å². The first-order chi connectivity index (χ1) is 7.96. The van der Waals surface area contributed by atoms with Gasteiger partial charge in [-0.2, -0.15) is 0 Å². The van der Waals surface area contributed by atoms with Crippen LogP contribution in [0.1, 0.15) is 36.4 Å². The smallest absolute Gasteiger partial charge is 0.248 e. The molecule has 2 nitrogen and oxygen atoms in total. The fourth-order valence-electron chi connectivity index (χ4n) is 2.17. The van der Waals surface area contributed by atoms with E-state index in [1.165, 1.54) is 11.3 Å². The van der Waals surface area contributed by atoms with Gasteiger partial charge in [0.2, 0.25) is 5.92 Å². The molecule has 0 radical (unpaired) electrons. The molecule has 94 valence electrons. The topological polar surface area (TPSA) is 30.0 Å². The lowest BCUT2D eigenvalue weighted by atomic mass is 9.83. The number of aromatic nitrogens is 1. The molecular formula is C12H15F2NOS. The quantitative estimate of drug-likeness (QED) is 0.832. The lowest BCUT2D eigenvalue weighted by molar-refractivity contribution is -0.126. The van der Waals surface area contributed by atoms with Crippen molar-refractivity contribution in [2.75, 3.05) is 0 Å². The fourth-order valence-corrected chi connectivity index (χ4v) is 2.79. The average Bonchev–Trinajstić information content (AvgIpc) is 2.63. The van der Waals surface area contributed by atoms with Crippen molar-refractivity contribution < 1.29 is 13.6 Å². The van der Waals surface area contributed by atoms with E-state index in [-0.39, 0.29) is 24.5 Å². The highest BCUT2D eigenvalue weighted by Gasteiger charge is 2.37. The molecule has 0 unspecified atom stereocenters. The third-order valence-electron chi connectivity index (χ3n) is 3.19. The lowest BCUT2D eigenvalue weighted by Crippen LogP contribution is -2.29. The first-order valence-electron chi connectivity index (χ1n) is 5.78. The summed E-state index contributed by atoms with van der Waals surface area (Å²) < 4.78 is 25.9. The van der Waals surface area contributed by atoms with Gasteiger partial charge in [0.25, 0.3) is 0 Å². The molecule has 1 saturated carbocycles. The number of ketones is 1. The van der Waals surface area contributed by atoms with Crippen LogP contribution in [-0.4, -0.2) is 16.7 Å². The molecule has 0 bridgehead atoms. The maximum atomic E-state index is 12.9. The molecule has 1 aromatic heterocycles. The van der Waals surface area contributed by atoms with Crippen molar-refractivity contribution in [3.05, 3.63) is 16.1 Å². The summed E-state index contributed by atoms with van der Waals surface area (Å²) in [6.07, 6.45) is 0.615. The minimum atomic E-state index is -2.56. The van der Waals surface area contributed by atoms with E-state index in [1.54, 1.807) is 0 Å². The Bertz CT molecular complexity index is 406. The zero-order valence-corrected chi connectivity index (χ0v) is 10.5. The van der Waals surface area contributed by atoms with E-state index in [1.807, 2.05) is 12.3 Å². The number of Topliss-reactive ketones (excluding diaryl/α,β-unsaturated/α-hetero) is 1. The number of aryl methyl sites for hydroxylation is 1. The molecule has 0 aliphatic heterocycles. The minimum Gasteiger partial charge on any atom is -0.299 e. The highest BCUT2D eigenvalue weighted by molar-refractivity contribution is 7.09. The van der Waals surface area contributed by atoms with Gasteiger partial charge in [0.1, 0.15) is 5.78 Å². The molecular weight excluding hydrogens is 244 g/mol. The van der Waals surface area contributed by atoms with Crippen molar-refractivity contribution in [1.82, 2.24) is 4.98 Å². The number of carbonyl (C=O) groups is 1. The van der Waals surface area contributed by atoms with Gasteiger partial charge in [0.15, 0.2) is 0 Å². The van der Waals surface area contributed by atoms with Gasteiger partial charge < -0.3 is 0 Å². The number of carbonyl (C=O) groups excluding carboxylic acids is 1. The van der Waals surface area contributed by atoms with Crippen LogP contribution >= 0.6 is 11.3 Å². The van der Waals surface area contributed by atoms with Crippen molar-refractivity contribution in [1.29, 1.82) is 0 Å². The maximum absolute atomic E-state index is 12.9. The number of alkyl halides is 2. The minimum absolute atomic E-state index is 0.0609. The Balaban J connectivity index is 1.89. The normalized spacial score (nSPS) is 20.4. The molecule has 0 saturated heterocycles. The number of thiazole rings is 1. The average molecular weight is 259 g/mol. The zero-order valence-electron chi connectivity index (χ0n) is 9.71. The Labute approximate surface area is 103 Å². The summed E-state index contributed by atoms with van der Waals surface area (Å²) in [5, 5.41) is 2.80.